The molecule has 1 aliphatic rings. The van der Waals surface area contributed by atoms with Gasteiger partial charge in [0.2, 0.25) is 5.91 Å². The van der Waals surface area contributed by atoms with Crippen LogP contribution in [0.25, 0.3) is 11.4 Å². The number of carbonyl (C=O) groups is 1. The van der Waals surface area contributed by atoms with Crippen molar-refractivity contribution in [1.29, 1.82) is 0 Å². The number of hydrogen-bond acceptors (Lipinski definition) is 4. The number of halogens is 1. The van der Waals surface area contributed by atoms with Crippen LogP contribution >= 0.6 is 11.8 Å². The van der Waals surface area contributed by atoms with E-state index in [1.165, 1.54) is 23.4 Å². The number of thioether (sulfide) groups is 1. The number of nitrogens with zero attached hydrogens (tertiary/aromatic N) is 4. The molecule has 1 aromatic heterocycles. The molecule has 1 aliphatic heterocycles. The number of aromatic nitrogens is 3. The molecular weight excluding hydrogens is 363 g/mol. The Balaban J connectivity index is 1.50. The second-order valence-corrected chi connectivity index (χ2v) is 7.52. The van der Waals surface area contributed by atoms with E-state index in [-0.39, 0.29) is 23.5 Å². The first kappa shape index (κ1) is 17.7. The van der Waals surface area contributed by atoms with Crippen LogP contribution < -0.4 is 4.90 Å². The Morgan fingerprint density at radius 3 is 2.74 bits per heavy atom. The maximum absolute atomic E-state index is 14.0. The molecule has 4 rings (SSSR count). The Morgan fingerprint density at radius 1 is 1.19 bits per heavy atom. The van der Waals surface area contributed by atoms with E-state index in [4.69, 9.17) is 0 Å². The van der Waals surface area contributed by atoms with Gasteiger partial charge in [-0.05, 0) is 37.1 Å². The lowest BCUT2D eigenvalue weighted by Gasteiger charge is -2.22. The molecule has 2 heterocycles. The summed E-state index contributed by atoms with van der Waals surface area (Å²) in [5.74, 6) is 0.390. The van der Waals surface area contributed by atoms with Gasteiger partial charge >= 0.3 is 0 Å². The largest absolute Gasteiger partial charge is 0.308 e. The summed E-state index contributed by atoms with van der Waals surface area (Å²) in [4.78, 5) is 14.7. The lowest BCUT2D eigenvalue weighted by atomic mass is 10.1. The van der Waals surface area contributed by atoms with Crippen molar-refractivity contribution < 1.29 is 9.18 Å². The van der Waals surface area contributed by atoms with Crippen molar-refractivity contribution in [2.24, 2.45) is 7.05 Å². The zero-order valence-corrected chi connectivity index (χ0v) is 15.9. The van der Waals surface area contributed by atoms with Crippen LogP contribution in [0.2, 0.25) is 0 Å². The number of amides is 1. The molecule has 0 fully saturated rings. The van der Waals surface area contributed by atoms with E-state index in [1.807, 2.05) is 23.1 Å². The molecule has 0 radical (unpaired) electrons. The zero-order chi connectivity index (χ0) is 19.0. The normalized spacial score (nSPS) is 15.8. The second kappa shape index (κ2) is 7.15. The van der Waals surface area contributed by atoms with Gasteiger partial charge in [-0.25, -0.2) is 4.39 Å². The van der Waals surface area contributed by atoms with Crippen molar-refractivity contribution in [3.63, 3.8) is 0 Å². The summed E-state index contributed by atoms with van der Waals surface area (Å²) in [6.07, 6.45) is 0.869. The van der Waals surface area contributed by atoms with Crippen LogP contribution in [-0.2, 0) is 18.3 Å². The molecule has 0 spiro atoms. The highest BCUT2D eigenvalue weighted by atomic mass is 32.2. The van der Waals surface area contributed by atoms with Gasteiger partial charge in [0.15, 0.2) is 11.0 Å². The SMILES string of the molecule is C[C@H]1Cc2ccccc2N1C(=O)CSc1nnc(-c2ccccc2F)n1C. The molecule has 0 bridgehead atoms. The Hall–Kier alpha value is -2.67. The number of rotatable bonds is 4. The molecule has 7 heteroatoms. The van der Waals surface area contributed by atoms with Gasteiger partial charge in [0.1, 0.15) is 5.82 Å². The van der Waals surface area contributed by atoms with Crippen molar-refractivity contribution in [3.05, 3.63) is 59.9 Å². The molecule has 0 saturated carbocycles. The van der Waals surface area contributed by atoms with Gasteiger partial charge in [0.25, 0.3) is 0 Å². The molecule has 0 N–H and O–H groups in total. The van der Waals surface area contributed by atoms with Crippen LogP contribution in [-0.4, -0.2) is 32.5 Å². The fourth-order valence-corrected chi connectivity index (χ4v) is 4.23. The number of carbonyl (C=O) groups excluding carboxylic acids is 1. The number of hydrogen-bond donors (Lipinski definition) is 0. The van der Waals surface area contributed by atoms with Gasteiger partial charge in [-0.15, -0.1) is 10.2 Å². The van der Waals surface area contributed by atoms with E-state index in [1.54, 1.807) is 29.8 Å². The average Bonchev–Trinajstić information content (AvgIpc) is 3.19. The summed E-state index contributed by atoms with van der Waals surface area (Å²) in [7, 11) is 1.78. The fraction of sp³-hybridized carbons (Fsp3) is 0.250. The summed E-state index contributed by atoms with van der Waals surface area (Å²) in [5, 5.41) is 8.82. The molecule has 1 atom stereocenters. The fourth-order valence-electron chi connectivity index (χ4n) is 3.46. The molecule has 1 amide bonds. The summed E-state index contributed by atoms with van der Waals surface area (Å²) in [5.41, 5.74) is 2.58. The monoisotopic (exact) mass is 382 g/mol. The predicted molar refractivity (Wildman–Crippen MR) is 104 cm³/mol. The number of fused-ring (bicyclic) bond motifs is 1. The maximum Gasteiger partial charge on any atom is 0.237 e. The van der Waals surface area contributed by atoms with Gasteiger partial charge in [-0.1, -0.05) is 42.1 Å². The van der Waals surface area contributed by atoms with Gasteiger partial charge in [-0.2, -0.15) is 0 Å². The van der Waals surface area contributed by atoms with Crippen LogP contribution in [0.15, 0.2) is 53.7 Å². The average molecular weight is 382 g/mol. The quantitative estimate of drug-likeness (QED) is 0.646. The summed E-state index contributed by atoms with van der Waals surface area (Å²) in [6, 6.07) is 14.6. The highest BCUT2D eigenvalue weighted by Gasteiger charge is 2.30. The van der Waals surface area contributed by atoms with Crippen LogP contribution in [0.3, 0.4) is 0 Å². The summed E-state index contributed by atoms with van der Waals surface area (Å²) >= 11 is 1.32. The minimum Gasteiger partial charge on any atom is -0.308 e. The van der Waals surface area contributed by atoms with Crippen molar-refractivity contribution in [2.75, 3.05) is 10.7 Å². The third kappa shape index (κ3) is 3.23. The smallest absolute Gasteiger partial charge is 0.237 e. The lowest BCUT2D eigenvalue weighted by molar-refractivity contribution is -0.116. The van der Waals surface area contributed by atoms with Crippen molar-refractivity contribution >= 4 is 23.4 Å². The van der Waals surface area contributed by atoms with Crippen LogP contribution in [0, 0.1) is 5.82 Å². The van der Waals surface area contributed by atoms with Gasteiger partial charge < -0.3 is 9.47 Å². The van der Waals surface area contributed by atoms with E-state index >= 15 is 0 Å². The first-order valence-electron chi connectivity index (χ1n) is 8.73. The Kier molecular flexibility index (Phi) is 4.70. The van der Waals surface area contributed by atoms with Crippen LogP contribution in [0.4, 0.5) is 10.1 Å². The number of para-hydroxylation sites is 1. The Morgan fingerprint density at radius 2 is 1.93 bits per heavy atom. The van der Waals surface area contributed by atoms with E-state index in [9.17, 15) is 9.18 Å². The molecule has 2 aromatic carbocycles. The highest BCUT2D eigenvalue weighted by Crippen LogP contribution is 2.33. The third-order valence-electron chi connectivity index (χ3n) is 4.75. The van der Waals surface area contributed by atoms with Gasteiger partial charge in [0.05, 0.1) is 11.3 Å². The maximum atomic E-state index is 14.0. The first-order chi connectivity index (χ1) is 13.1. The second-order valence-electron chi connectivity index (χ2n) is 6.58. The van der Waals surface area contributed by atoms with E-state index < -0.39 is 0 Å². The van der Waals surface area contributed by atoms with Crippen LogP contribution in [0.1, 0.15) is 12.5 Å². The van der Waals surface area contributed by atoms with Crippen molar-refractivity contribution in [2.45, 2.75) is 24.5 Å². The number of anilines is 1. The molecule has 0 saturated heterocycles. The third-order valence-corrected chi connectivity index (χ3v) is 5.76. The van der Waals surface area contributed by atoms with Gasteiger partial charge in [-0.3, -0.25) is 4.79 Å². The molecule has 3 aromatic rings. The molecule has 5 nitrogen and oxygen atoms in total. The predicted octanol–water partition coefficient (Wildman–Crippen LogP) is 3.69. The molecule has 27 heavy (non-hydrogen) atoms. The van der Waals surface area contributed by atoms with E-state index in [0.717, 1.165) is 12.1 Å². The van der Waals surface area contributed by atoms with E-state index in [2.05, 4.69) is 23.2 Å². The highest BCUT2D eigenvalue weighted by molar-refractivity contribution is 7.99. The number of benzene rings is 2. The lowest BCUT2D eigenvalue weighted by Crippen LogP contribution is -2.37. The molecule has 0 unspecified atom stereocenters. The standard InChI is InChI=1S/C20H19FN4OS/c1-13-11-14-7-3-6-10-17(14)25(13)18(26)12-27-20-23-22-19(24(20)2)15-8-4-5-9-16(15)21/h3-10,13H,11-12H2,1-2H3/t13-/m0/s1. The first-order valence-corrected chi connectivity index (χ1v) is 9.72. The zero-order valence-electron chi connectivity index (χ0n) is 15.1. The summed E-state index contributed by atoms with van der Waals surface area (Å²) in [6.45, 7) is 2.06. The molecule has 0 aliphatic carbocycles. The minimum atomic E-state index is -0.344. The van der Waals surface area contributed by atoms with Crippen LogP contribution in [0.5, 0.6) is 0 Å². The Bertz CT molecular complexity index is 1000. The van der Waals surface area contributed by atoms with Gasteiger partial charge in [0, 0.05) is 18.8 Å². The minimum absolute atomic E-state index is 0.0351. The van der Waals surface area contributed by atoms with E-state index in [0.29, 0.717) is 16.5 Å². The Labute approximate surface area is 161 Å². The summed E-state index contributed by atoms with van der Waals surface area (Å²) < 4.78 is 15.7. The van der Waals surface area contributed by atoms with Crippen molar-refractivity contribution in [3.8, 4) is 11.4 Å². The van der Waals surface area contributed by atoms with Crippen molar-refractivity contribution in [1.82, 2.24) is 14.8 Å². The molecule has 138 valence electrons. The molecular formula is C20H19FN4OS. The topological polar surface area (TPSA) is 51.0 Å².